The van der Waals surface area contributed by atoms with Crippen LogP contribution in [0.5, 0.6) is 5.75 Å². The Balaban J connectivity index is 1.17. The fourth-order valence-electron chi connectivity index (χ4n) is 6.01. The van der Waals surface area contributed by atoms with Crippen molar-refractivity contribution in [1.29, 1.82) is 0 Å². The number of nitrogens with zero attached hydrogens (tertiary/aromatic N) is 2. The highest BCUT2D eigenvalue weighted by Crippen LogP contribution is 2.31. The molecule has 3 aliphatic rings. The summed E-state index contributed by atoms with van der Waals surface area (Å²) in [5.74, 6) is -0.519. The molecule has 1 unspecified atom stereocenters. The molecule has 41 heavy (non-hydrogen) atoms. The van der Waals surface area contributed by atoms with Crippen LogP contribution in [0.2, 0.25) is 0 Å². The Labute approximate surface area is 238 Å². The van der Waals surface area contributed by atoms with Crippen molar-refractivity contribution in [3.8, 4) is 5.75 Å². The minimum absolute atomic E-state index is 0.0915. The second-order valence-corrected chi connectivity index (χ2v) is 11.0. The number of rotatable bonds is 8. The first kappa shape index (κ1) is 27.1. The SMILES string of the molecule is O=C1CCC(N2Cc3cc(O[C@H]4CN(Cc5cccc(F)c5)CC[C@@H]4NCc4ccccc4)ccc3C2=O)C(=O)N1. The van der Waals surface area contributed by atoms with Crippen molar-refractivity contribution >= 4 is 17.7 Å². The van der Waals surface area contributed by atoms with Crippen molar-refractivity contribution in [2.45, 2.75) is 57.1 Å². The number of nitrogens with one attached hydrogen (secondary N) is 2. The van der Waals surface area contributed by atoms with E-state index in [1.54, 1.807) is 23.1 Å². The second kappa shape index (κ2) is 11.8. The fraction of sp³-hybridized carbons (Fsp3) is 0.344. The van der Waals surface area contributed by atoms with E-state index in [4.69, 9.17) is 4.74 Å². The molecular formula is C32H33FN4O4. The van der Waals surface area contributed by atoms with Crippen LogP contribution in [0.1, 0.15) is 46.3 Å². The van der Waals surface area contributed by atoms with Crippen LogP contribution in [0.25, 0.3) is 0 Å². The molecule has 3 aromatic carbocycles. The molecule has 0 radical (unpaired) electrons. The molecule has 0 bridgehead atoms. The lowest BCUT2D eigenvalue weighted by Gasteiger charge is -2.39. The van der Waals surface area contributed by atoms with E-state index in [1.165, 1.54) is 11.6 Å². The maximum atomic E-state index is 13.8. The van der Waals surface area contributed by atoms with Gasteiger partial charge in [0.25, 0.3) is 5.91 Å². The number of hydrogen-bond acceptors (Lipinski definition) is 6. The number of carbonyl (C=O) groups excluding carboxylic acids is 3. The van der Waals surface area contributed by atoms with Gasteiger partial charge in [-0.1, -0.05) is 42.5 Å². The number of benzene rings is 3. The van der Waals surface area contributed by atoms with E-state index < -0.39 is 11.9 Å². The predicted molar refractivity (Wildman–Crippen MR) is 150 cm³/mol. The molecule has 0 aromatic heterocycles. The lowest BCUT2D eigenvalue weighted by Crippen LogP contribution is -2.54. The van der Waals surface area contributed by atoms with E-state index in [9.17, 15) is 18.8 Å². The first-order valence-corrected chi connectivity index (χ1v) is 14.1. The van der Waals surface area contributed by atoms with Gasteiger partial charge in [0.15, 0.2) is 0 Å². The Morgan fingerprint density at radius 2 is 1.78 bits per heavy atom. The summed E-state index contributed by atoms with van der Waals surface area (Å²) >= 11 is 0. The monoisotopic (exact) mass is 556 g/mol. The van der Waals surface area contributed by atoms with Crippen LogP contribution >= 0.6 is 0 Å². The summed E-state index contributed by atoms with van der Waals surface area (Å²) in [7, 11) is 0. The summed E-state index contributed by atoms with van der Waals surface area (Å²) in [5.41, 5.74) is 3.47. The molecule has 3 heterocycles. The molecule has 2 fully saturated rings. The first-order chi connectivity index (χ1) is 19.9. The van der Waals surface area contributed by atoms with Gasteiger partial charge in [-0.3, -0.25) is 24.6 Å². The molecule has 2 saturated heterocycles. The van der Waals surface area contributed by atoms with Gasteiger partial charge in [-0.25, -0.2) is 4.39 Å². The van der Waals surface area contributed by atoms with Gasteiger partial charge in [0.2, 0.25) is 11.8 Å². The number of hydrogen-bond donors (Lipinski definition) is 2. The number of likely N-dealkylation sites (tertiary alicyclic amines) is 1. The summed E-state index contributed by atoms with van der Waals surface area (Å²) in [6, 6.07) is 21.8. The zero-order chi connectivity index (χ0) is 28.3. The third-order valence-corrected chi connectivity index (χ3v) is 8.13. The van der Waals surface area contributed by atoms with E-state index >= 15 is 0 Å². The maximum Gasteiger partial charge on any atom is 0.255 e. The lowest BCUT2D eigenvalue weighted by atomic mass is 10.00. The zero-order valence-corrected chi connectivity index (χ0v) is 22.7. The zero-order valence-electron chi connectivity index (χ0n) is 22.7. The van der Waals surface area contributed by atoms with Crippen LogP contribution in [0.15, 0.2) is 72.8 Å². The predicted octanol–water partition coefficient (Wildman–Crippen LogP) is 3.40. The molecule has 3 aromatic rings. The highest BCUT2D eigenvalue weighted by molar-refractivity contribution is 6.05. The molecule has 3 atom stereocenters. The summed E-state index contributed by atoms with van der Waals surface area (Å²) in [4.78, 5) is 40.9. The Hall–Kier alpha value is -4.08. The fourth-order valence-corrected chi connectivity index (χ4v) is 6.01. The summed E-state index contributed by atoms with van der Waals surface area (Å²) in [6.07, 6.45) is 1.23. The largest absolute Gasteiger partial charge is 0.487 e. The van der Waals surface area contributed by atoms with Crippen molar-refractivity contribution in [1.82, 2.24) is 20.4 Å². The molecule has 9 heteroatoms. The highest BCUT2D eigenvalue weighted by Gasteiger charge is 2.39. The van der Waals surface area contributed by atoms with Crippen LogP contribution in [-0.2, 0) is 29.2 Å². The van der Waals surface area contributed by atoms with Crippen LogP contribution in [0.3, 0.4) is 0 Å². The van der Waals surface area contributed by atoms with Crippen molar-refractivity contribution in [3.05, 3.63) is 101 Å². The topological polar surface area (TPSA) is 91.0 Å². The summed E-state index contributed by atoms with van der Waals surface area (Å²) in [5, 5.41) is 6.02. The van der Waals surface area contributed by atoms with Gasteiger partial charge >= 0.3 is 0 Å². The molecular weight excluding hydrogens is 523 g/mol. The van der Waals surface area contributed by atoms with E-state index in [0.717, 1.165) is 30.6 Å². The number of piperidine rings is 2. The van der Waals surface area contributed by atoms with Gasteiger partial charge in [-0.2, -0.15) is 0 Å². The van der Waals surface area contributed by atoms with Crippen molar-refractivity contribution in [3.63, 3.8) is 0 Å². The van der Waals surface area contributed by atoms with Gasteiger partial charge < -0.3 is 15.0 Å². The number of halogens is 1. The smallest absolute Gasteiger partial charge is 0.255 e. The van der Waals surface area contributed by atoms with Crippen LogP contribution in [0, 0.1) is 5.82 Å². The molecule has 6 rings (SSSR count). The first-order valence-electron chi connectivity index (χ1n) is 14.1. The van der Waals surface area contributed by atoms with Gasteiger partial charge in [0.05, 0.1) is 0 Å². The van der Waals surface area contributed by atoms with Gasteiger partial charge in [-0.15, -0.1) is 0 Å². The highest BCUT2D eigenvalue weighted by atomic mass is 19.1. The minimum atomic E-state index is -0.654. The van der Waals surface area contributed by atoms with E-state index in [-0.39, 0.29) is 36.2 Å². The maximum absolute atomic E-state index is 13.8. The Morgan fingerprint density at radius 3 is 2.59 bits per heavy atom. The molecule has 0 aliphatic carbocycles. The van der Waals surface area contributed by atoms with Gasteiger partial charge in [0.1, 0.15) is 23.7 Å². The molecule has 2 N–H and O–H groups in total. The summed E-state index contributed by atoms with van der Waals surface area (Å²) in [6.45, 7) is 3.14. The Morgan fingerprint density at radius 1 is 0.951 bits per heavy atom. The van der Waals surface area contributed by atoms with E-state index in [2.05, 4.69) is 27.7 Å². The number of imide groups is 1. The number of ether oxygens (including phenoxy) is 1. The quantitative estimate of drug-likeness (QED) is 0.414. The standard InChI is InChI=1S/C32H33FN4O4/c33-24-8-4-7-22(15-24)18-36-14-13-27(34-17-21-5-2-1-3-6-21)29(20-36)41-25-9-10-26-23(16-25)19-37(32(26)40)28-11-12-30(38)35-31(28)39/h1-10,15-16,27-29,34H,11-14,17-20H2,(H,35,38,39)/t27-,28?,29-/m0/s1. The Bertz CT molecular complexity index is 1450. The number of fused-ring (bicyclic) bond motifs is 1. The van der Waals surface area contributed by atoms with Gasteiger partial charge in [-0.05, 0) is 59.9 Å². The summed E-state index contributed by atoms with van der Waals surface area (Å²) < 4.78 is 20.4. The molecule has 3 aliphatic heterocycles. The number of amides is 3. The molecule has 212 valence electrons. The van der Waals surface area contributed by atoms with E-state index in [0.29, 0.717) is 37.4 Å². The second-order valence-electron chi connectivity index (χ2n) is 11.0. The third-order valence-electron chi connectivity index (χ3n) is 8.13. The average molecular weight is 557 g/mol. The number of carbonyl (C=O) groups is 3. The van der Waals surface area contributed by atoms with Gasteiger partial charge in [0, 0.05) is 50.7 Å². The van der Waals surface area contributed by atoms with E-state index in [1.807, 2.05) is 36.4 Å². The van der Waals surface area contributed by atoms with Crippen LogP contribution in [0.4, 0.5) is 4.39 Å². The molecule has 0 spiro atoms. The van der Waals surface area contributed by atoms with Crippen LogP contribution < -0.4 is 15.4 Å². The van der Waals surface area contributed by atoms with Crippen LogP contribution in [-0.4, -0.2) is 58.8 Å². The average Bonchev–Trinajstić information content (AvgIpc) is 3.28. The molecule has 8 nitrogen and oxygen atoms in total. The third kappa shape index (κ3) is 6.16. The normalized spacial score (nSPS) is 22.9. The van der Waals surface area contributed by atoms with Crippen molar-refractivity contribution in [2.24, 2.45) is 0 Å². The Kier molecular flexibility index (Phi) is 7.80. The van der Waals surface area contributed by atoms with Crippen molar-refractivity contribution < 1.29 is 23.5 Å². The lowest BCUT2D eigenvalue weighted by molar-refractivity contribution is -0.136. The van der Waals surface area contributed by atoms with Crippen molar-refractivity contribution in [2.75, 3.05) is 13.1 Å². The molecule has 0 saturated carbocycles. The minimum Gasteiger partial charge on any atom is -0.487 e. The molecule has 3 amide bonds.